The first-order valence-electron chi connectivity index (χ1n) is 7.93. The molecule has 0 N–H and O–H groups in total. The molecule has 1 fully saturated rings. The second-order valence-electron chi connectivity index (χ2n) is 6.88. The molecule has 1 rings (SSSR count). The van der Waals surface area contributed by atoms with E-state index in [0.29, 0.717) is 13.1 Å². The Kier molecular flexibility index (Phi) is 7.29. The number of carbonyl (C=O) groups is 2. The first-order valence-corrected chi connectivity index (χ1v) is 7.93. The Morgan fingerprint density at radius 1 is 1.27 bits per heavy atom. The van der Waals surface area contributed by atoms with Gasteiger partial charge >= 0.3 is 5.97 Å². The summed E-state index contributed by atoms with van der Waals surface area (Å²) in [6.45, 7) is 12.6. The van der Waals surface area contributed by atoms with Crippen LogP contribution in [0.4, 0.5) is 0 Å². The molecule has 1 saturated heterocycles. The predicted octanol–water partition coefficient (Wildman–Crippen LogP) is 1.00. The summed E-state index contributed by atoms with van der Waals surface area (Å²) in [4.78, 5) is 28.3. The number of nitrogens with zero attached hydrogens (tertiary/aromatic N) is 2. The van der Waals surface area contributed by atoms with Crippen LogP contribution in [0.3, 0.4) is 0 Å². The third kappa shape index (κ3) is 5.93. The van der Waals surface area contributed by atoms with E-state index in [2.05, 4.69) is 4.90 Å². The Labute approximate surface area is 133 Å². The largest absolute Gasteiger partial charge is 0.469 e. The molecule has 0 spiro atoms. The smallest absolute Gasteiger partial charge is 0.310 e. The van der Waals surface area contributed by atoms with E-state index in [-0.39, 0.29) is 17.8 Å². The minimum atomic E-state index is -0.457. The fourth-order valence-electron chi connectivity index (χ4n) is 2.44. The van der Waals surface area contributed by atoms with Crippen molar-refractivity contribution in [2.75, 3.05) is 53.0 Å². The zero-order valence-corrected chi connectivity index (χ0v) is 14.6. The van der Waals surface area contributed by atoms with Gasteiger partial charge in [0, 0.05) is 38.1 Å². The van der Waals surface area contributed by atoms with Gasteiger partial charge in [0.15, 0.2) is 0 Å². The third-order valence-electron chi connectivity index (χ3n) is 3.82. The molecule has 0 aliphatic carbocycles. The molecule has 0 radical (unpaired) electrons. The van der Waals surface area contributed by atoms with Gasteiger partial charge < -0.3 is 14.4 Å². The maximum Gasteiger partial charge on any atom is 0.310 e. The van der Waals surface area contributed by atoms with Gasteiger partial charge in [-0.05, 0) is 0 Å². The van der Waals surface area contributed by atoms with Gasteiger partial charge in [-0.15, -0.1) is 0 Å². The SMILES string of the molecule is COC(=O)C(C)CN(CCN1CCOCC1)C(=O)C(C)(C)C. The van der Waals surface area contributed by atoms with Crippen LogP contribution >= 0.6 is 0 Å². The van der Waals surface area contributed by atoms with E-state index in [1.807, 2.05) is 20.8 Å². The van der Waals surface area contributed by atoms with Crippen LogP contribution in [-0.4, -0.2) is 74.7 Å². The first kappa shape index (κ1) is 18.9. The summed E-state index contributed by atoms with van der Waals surface area (Å²) in [5.74, 6) is -0.532. The summed E-state index contributed by atoms with van der Waals surface area (Å²) in [5, 5.41) is 0. The van der Waals surface area contributed by atoms with Crippen molar-refractivity contribution in [3.05, 3.63) is 0 Å². The number of esters is 1. The summed E-state index contributed by atoms with van der Waals surface area (Å²) >= 11 is 0. The quantitative estimate of drug-likeness (QED) is 0.685. The lowest BCUT2D eigenvalue weighted by Crippen LogP contribution is -2.48. The van der Waals surface area contributed by atoms with Gasteiger partial charge in [-0.1, -0.05) is 27.7 Å². The van der Waals surface area contributed by atoms with Crippen LogP contribution in [0.2, 0.25) is 0 Å². The minimum Gasteiger partial charge on any atom is -0.469 e. The normalized spacial score (nSPS) is 17.9. The molecule has 1 unspecified atom stereocenters. The minimum absolute atomic E-state index is 0.0662. The van der Waals surface area contributed by atoms with Crippen LogP contribution in [0.25, 0.3) is 0 Å². The Morgan fingerprint density at radius 2 is 1.86 bits per heavy atom. The maximum atomic E-state index is 12.6. The average molecular weight is 314 g/mol. The Balaban J connectivity index is 2.64. The van der Waals surface area contributed by atoms with Crippen molar-refractivity contribution >= 4 is 11.9 Å². The van der Waals surface area contributed by atoms with Gasteiger partial charge in [-0.3, -0.25) is 14.5 Å². The second-order valence-corrected chi connectivity index (χ2v) is 6.88. The van der Waals surface area contributed by atoms with E-state index < -0.39 is 5.41 Å². The molecule has 128 valence electrons. The lowest BCUT2D eigenvalue weighted by molar-refractivity contribution is -0.148. The average Bonchev–Trinajstić information content (AvgIpc) is 2.49. The van der Waals surface area contributed by atoms with Crippen molar-refractivity contribution in [2.45, 2.75) is 27.7 Å². The van der Waals surface area contributed by atoms with Crippen LogP contribution in [0.1, 0.15) is 27.7 Å². The number of carbonyl (C=O) groups excluding carboxylic acids is 2. The summed E-state index contributed by atoms with van der Waals surface area (Å²) in [7, 11) is 1.38. The molecule has 22 heavy (non-hydrogen) atoms. The number of hydrogen-bond acceptors (Lipinski definition) is 5. The third-order valence-corrected chi connectivity index (χ3v) is 3.82. The van der Waals surface area contributed by atoms with Crippen molar-refractivity contribution in [1.82, 2.24) is 9.80 Å². The van der Waals surface area contributed by atoms with Crippen LogP contribution < -0.4 is 0 Å². The monoisotopic (exact) mass is 314 g/mol. The van der Waals surface area contributed by atoms with Crippen molar-refractivity contribution in [2.24, 2.45) is 11.3 Å². The Bertz CT molecular complexity index is 373. The van der Waals surface area contributed by atoms with Crippen LogP contribution in [-0.2, 0) is 19.1 Å². The van der Waals surface area contributed by atoms with Gasteiger partial charge in [0.2, 0.25) is 5.91 Å². The number of methoxy groups -OCH3 is 1. The molecule has 0 saturated carbocycles. The molecule has 6 nitrogen and oxygen atoms in total. The zero-order valence-electron chi connectivity index (χ0n) is 14.6. The molecule has 6 heteroatoms. The predicted molar refractivity (Wildman–Crippen MR) is 84.5 cm³/mol. The molecule has 1 atom stereocenters. The summed E-state index contributed by atoms with van der Waals surface area (Å²) in [5.41, 5.74) is -0.457. The lowest BCUT2D eigenvalue weighted by atomic mass is 9.94. The van der Waals surface area contributed by atoms with Crippen molar-refractivity contribution in [3.8, 4) is 0 Å². The molecule has 0 aromatic rings. The zero-order chi connectivity index (χ0) is 16.8. The molecule has 1 aliphatic heterocycles. The highest BCUT2D eigenvalue weighted by molar-refractivity contribution is 5.82. The van der Waals surface area contributed by atoms with E-state index in [1.165, 1.54) is 7.11 Å². The maximum absolute atomic E-state index is 12.6. The standard InChI is InChI=1S/C16H30N2O4/c1-13(14(19)21-5)12-18(15(20)16(2,3)4)7-6-17-8-10-22-11-9-17/h13H,6-12H2,1-5H3. The van der Waals surface area contributed by atoms with Crippen LogP contribution in [0.5, 0.6) is 0 Å². The van der Waals surface area contributed by atoms with E-state index in [9.17, 15) is 9.59 Å². The van der Waals surface area contributed by atoms with Gasteiger partial charge in [0.1, 0.15) is 0 Å². The van der Waals surface area contributed by atoms with Crippen molar-refractivity contribution in [3.63, 3.8) is 0 Å². The number of hydrogen-bond donors (Lipinski definition) is 0. The second kappa shape index (κ2) is 8.48. The fraction of sp³-hybridized carbons (Fsp3) is 0.875. The summed E-state index contributed by atoms with van der Waals surface area (Å²) in [6, 6.07) is 0. The van der Waals surface area contributed by atoms with Gasteiger partial charge in [-0.25, -0.2) is 0 Å². The topological polar surface area (TPSA) is 59.1 Å². The number of amides is 1. The van der Waals surface area contributed by atoms with Gasteiger partial charge in [-0.2, -0.15) is 0 Å². The number of ether oxygens (including phenoxy) is 2. The van der Waals surface area contributed by atoms with Crippen molar-refractivity contribution < 1.29 is 19.1 Å². The molecule has 1 aliphatic rings. The van der Waals surface area contributed by atoms with Gasteiger partial charge in [0.05, 0.1) is 26.2 Å². The summed E-state index contributed by atoms with van der Waals surface area (Å²) in [6.07, 6.45) is 0. The van der Waals surface area contributed by atoms with E-state index in [1.54, 1.807) is 11.8 Å². The molecular formula is C16H30N2O4. The van der Waals surface area contributed by atoms with Crippen LogP contribution in [0, 0.1) is 11.3 Å². The molecular weight excluding hydrogens is 284 g/mol. The van der Waals surface area contributed by atoms with Gasteiger partial charge in [0.25, 0.3) is 0 Å². The highest BCUT2D eigenvalue weighted by atomic mass is 16.5. The van der Waals surface area contributed by atoms with E-state index in [0.717, 1.165) is 32.8 Å². The highest BCUT2D eigenvalue weighted by Gasteiger charge is 2.30. The Morgan fingerprint density at radius 3 is 2.36 bits per heavy atom. The molecule has 1 amide bonds. The molecule has 1 heterocycles. The summed E-state index contributed by atoms with van der Waals surface area (Å²) < 4.78 is 10.1. The van der Waals surface area contributed by atoms with Crippen LogP contribution in [0.15, 0.2) is 0 Å². The molecule has 0 aromatic heterocycles. The van der Waals surface area contributed by atoms with E-state index >= 15 is 0 Å². The van der Waals surface area contributed by atoms with E-state index in [4.69, 9.17) is 9.47 Å². The van der Waals surface area contributed by atoms with Crippen molar-refractivity contribution in [1.29, 1.82) is 0 Å². The highest BCUT2D eigenvalue weighted by Crippen LogP contribution is 2.18. The molecule has 0 aromatic carbocycles. The molecule has 0 bridgehead atoms. The lowest BCUT2D eigenvalue weighted by Gasteiger charge is -2.34. The number of rotatable bonds is 6. The number of morpholine rings is 1. The Hall–Kier alpha value is -1.14. The first-order chi connectivity index (χ1) is 10.3. The fourth-order valence-corrected chi connectivity index (χ4v) is 2.44.